The quantitative estimate of drug-likeness (QED) is 0.944. The van der Waals surface area contributed by atoms with Gasteiger partial charge in [0.2, 0.25) is 5.89 Å². The maximum atomic E-state index is 12.9. The molecule has 2 unspecified atom stereocenters. The van der Waals surface area contributed by atoms with E-state index in [2.05, 4.69) is 16.8 Å². The van der Waals surface area contributed by atoms with Crippen molar-refractivity contribution in [3.63, 3.8) is 0 Å². The van der Waals surface area contributed by atoms with Crippen molar-refractivity contribution >= 4 is 0 Å². The van der Waals surface area contributed by atoms with Crippen LogP contribution < -0.4 is 0 Å². The molecule has 1 aliphatic heterocycles. The molecule has 5 heteroatoms. The first-order valence-electron chi connectivity index (χ1n) is 7.22. The van der Waals surface area contributed by atoms with Gasteiger partial charge in [-0.2, -0.15) is 0 Å². The molecule has 21 heavy (non-hydrogen) atoms. The molecule has 3 rings (SSSR count). The summed E-state index contributed by atoms with van der Waals surface area (Å²) in [4.78, 5) is 6.61. The summed E-state index contributed by atoms with van der Waals surface area (Å²) in [6, 6.07) is 6.08. The number of likely N-dealkylation sites (tertiary alicyclic amines) is 1. The highest BCUT2D eigenvalue weighted by Gasteiger charge is 2.24. The van der Waals surface area contributed by atoms with Gasteiger partial charge in [0.05, 0.1) is 11.8 Å². The largest absolute Gasteiger partial charge is 0.444 e. The highest BCUT2D eigenvalue weighted by molar-refractivity contribution is 5.52. The second kappa shape index (κ2) is 5.95. The third-order valence-electron chi connectivity index (χ3n) is 4.03. The van der Waals surface area contributed by atoms with Crippen LogP contribution in [-0.4, -0.2) is 34.2 Å². The summed E-state index contributed by atoms with van der Waals surface area (Å²) in [5.41, 5.74) is 1.59. The molecule has 0 radical (unpaired) electrons. The lowest BCUT2D eigenvalue weighted by molar-refractivity contribution is 0.0254. The van der Waals surface area contributed by atoms with Crippen molar-refractivity contribution in [1.82, 2.24) is 9.88 Å². The van der Waals surface area contributed by atoms with Crippen molar-refractivity contribution in [2.24, 2.45) is 5.92 Å². The lowest BCUT2D eigenvalue weighted by Crippen LogP contribution is -2.42. The number of hydrogen-bond donors (Lipinski definition) is 1. The Bertz CT molecular complexity index is 597. The highest BCUT2D eigenvalue weighted by atomic mass is 19.1. The maximum Gasteiger partial charge on any atom is 0.226 e. The molecule has 1 aromatic carbocycles. The lowest BCUT2D eigenvalue weighted by atomic mass is 9.96. The summed E-state index contributed by atoms with van der Waals surface area (Å²) in [5, 5.41) is 9.91. The molecular weight excluding hydrogens is 271 g/mol. The fraction of sp³-hybridized carbons (Fsp3) is 0.438. The van der Waals surface area contributed by atoms with E-state index < -0.39 is 0 Å². The summed E-state index contributed by atoms with van der Waals surface area (Å²) in [7, 11) is 0. The molecule has 1 N–H and O–H groups in total. The second-order valence-electron chi connectivity index (χ2n) is 5.72. The van der Waals surface area contributed by atoms with Crippen LogP contribution in [0.1, 0.15) is 19.0 Å². The summed E-state index contributed by atoms with van der Waals surface area (Å²) in [6.45, 7) is 4.36. The number of halogens is 1. The van der Waals surface area contributed by atoms with E-state index in [0.717, 1.165) is 24.2 Å². The normalized spacial score (nSPS) is 23.4. The summed E-state index contributed by atoms with van der Waals surface area (Å²) < 4.78 is 18.4. The smallest absolute Gasteiger partial charge is 0.226 e. The van der Waals surface area contributed by atoms with Crippen LogP contribution >= 0.6 is 0 Å². The highest BCUT2D eigenvalue weighted by Crippen LogP contribution is 2.22. The molecule has 2 heterocycles. The number of aromatic nitrogens is 1. The monoisotopic (exact) mass is 290 g/mol. The van der Waals surface area contributed by atoms with E-state index in [-0.39, 0.29) is 11.9 Å². The van der Waals surface area contributed by atoms with Gasteiger partial charge in [-0.3, -0.25) is 4.90 Å². The summed E-state index contributed by atoms with van der Waals surface area (Å²) in [5.74, 6) is 0.575. The molecule has 0 spiro atoms. The number of oxazole rings is 1. The zero-order chi connectivity index (χ0) is 14.8. The SMILES string of the molecule is CC1CCN(Cc2coc(-c3ccc(F)cc3)n2)CC1O. The molecule has 0 bridgehead atoms. The Balaban J connectivity index is 1.66. The predicted octanol–water partition coefficient (Wildman–Crippen LogP) is 2.68. The van der Waals surface area contributed by atoms with E-state index >= 15 is 0 Å². The molecule has 112 valence electrons. The van der Waals surface area contributed by atoms with E-state index in [9.17, 15) is 9.50 Å². The fourth-order valence-corrected chi connectivity index (χ4v) is 2.59. The minimum absolute atomic E-state index is 0.276. The van der Waals surface area contributed by atoms with Crippen molar-refractivity contribution in [2.75, 3.05) is 13.1 Å². The van der Waals surface area contributed by atoms with Crippen LogP contribution in [0.2, 0.25) is 0 Å². The number of piperidine rings is 1. The van der Waals surface area contributed by atoms with Crippen LogP contribution in [-0.2, 0) is 6.54 Å². The first-order chi connectivity index (χ1) is 10.1. The third-order valence-corrected chi connectivity index (χ3v) is 4.03. The van der Waals surface area contributed by atoms with Crippen LogP contribution in [0.15, 0.2) is 34.9 Å². The Morgan fingerprint density at radius 1 is 1.38 bits per heavy atom. The molecule has 0 aliphatic carbocycles. The maximum absolute atomic E-state index is 12.9. The molecular formula is C16H19FN2O2. The van der Waals surface area contributed by atoms with Crippen LogP contribution in [0.25, 0.3) is 11.5 Å². The number of nitrogens with zero attached hydrogens (tertiary/aromatic N) is 2. The second-order valence-corrected chi connectivity index (χ2v) is 5.72. The number of benzene rings is 1. The van der Waals surface area contributed by atoms with Gasteiger partial charge in [-0.25, -0.2) is 9.37 Å². The van der Waals surface area contributed by atoms with Gasteiger partial charge in [0, 0.05) is 18.7 Å². The van der Waals surface area contributed by atoms with Crippen molar-refractivity contribution < 1.29 is 13.9 Å². The summed E-state index contributed by atoms with van der Waals surface area (Å²) >= 11 is 0. The van der Waals surface area contributed by atoms with Crippen LogP contribution in [0, 0.1) is 11.7 Å². The van der Waals surface area contributed by atoms with Gasteiger partial charge < -0.3 is 9.52 Å². The number of rotatable bonds is 3. The molecule has 1 fully saturated rings. The van der Waals surface area contributed by atoms with Crippen molar-refractivity contribution in [3.05, 3.63) is 42.0 Å². The zero-order valence-corrected chi connectivity index (χ0v) is 12.0. The van der Waals surface area contributed by atoms with Crippen molar-refractivity contribution in [3.8, 4) is 11.5 Å². The molecule has 1 aromatic heterocycles. The standard InChI is InChI=1S/C16H19FN2O2/c1-11-6-7-19(9-15(11)20)8-14-10-21-16(18-14)12-2-4-13(17)5-3-12/h2-5,10-11,15,20H,6-9H2,1H3. The Morgan fingerprint density at radius 3 is 2.86 bits per heavy atom. The van der Waals surface area contributed by atoms with E-state index in [1.54, 1.807) is 18.4 Å². The average molecular weight is 290 g/mol. The topological polar surface area (TPSA) is 49.5 Å². The molecule has 1 saturated heterocycles. The molecule has 1 aliphatic rings. The molecule has 2 atom stereocenters. The molecule has 2 aromatic rings. The average Bonchev–Trinajstić information content (AvgIpc) is 2.92. The first-order valence-corrected chi connectivity index (χ1v) is 7.22. The van der Waals surface area contributed by atoms with E-state index in [4.69, 9.17) is 4.42 Å². The summed E-state index contributed by atoms with van der Waals surface area (Å²) in [6.07, 6.45) is 2.34. The number of hydrogen-bond acceptors (Lipinski definition) is 4. The van der Waals surface area contributed by atoms with Gasteiger partial charge in [-0.1, -0.05) is 6.92 Å². The third kappa shape index (κ3) is 3.31. The number of aliphatic hydroxyl groups is 1. The Morgan fingerprint density at radius 2 is 2.14 bits per heavy atom. The van der Waals surface area contributed by atoms with Gasteiger partial charge in [0.15, 0.2) is 0 Å². The van der Waals surface area contributed by atoms with Crippen LogP contribution in [0.3, 0.4) is 0 Å². The number of β-amino-alcohol motifs (C(OH)–C–C–N with tert-alkyl or cyclic N) is 1. The fourth-order valence-electron chi connectivity index (χ4n) is 2.59. The van der Waals surface area contributed by atoms with Crippen LogP contribution in [0.4, 0.5) is 4.39 Å². The van der Waals surface area contributed by atoms with E-state index in [1.807, 2.05) is 0 Å². The Kier molecular flexibility index (Phi) is 4.03. The lowest BCUT2D eigenvalue weighted by Gasteiger charge is -2.33. The van der Waals surface area contributed by atoms with Gasteiger partial charge in [0.1, 0.15) is 12.1 Å². The van der Waals surface area contributed by atoms with Crippen molar-refractivity contribution in [1.29, 1.82) is 0 Å². The molecule has 0 saturated carbocycles. The van der Waals surface area contributed by atoms with E-state index in [1.165, 1.54) is 12.1 Å². The molecule has 0 amide bonds. The van der Waals surface area contributed by atoms with Gasteiger partial charge in [-0.05, 0) is 43.1 Å². The Hall–Kier alpha value is -1.72. The predicted molar refractivity (Wildman–Crippen MR) is 77.0 cm³/mol. The van der Waals surface area contributed by atoms with Gasteiger partial charge >= 0.3 is 0 Å². The Labute approximate surface area is 123 Å². The molecule has 4 nitrogen and oxygen atoms in total. The van der Waals surface area contributed by atoms with E-state index in [0.29, 0.717) is 24.9 Å². The first kappa shape index (κ1) is 14.2. The van der Waals surface area contributed by atoms with Gasteiger partial charge in [-0.15, -0.1) is 0 Å². The number of aliphatic hydroxyl groups excluding tert-OH is 1. The zero-order valence-electron chi connectivity index (χ0n) is 12.0. The van der Waals surface area contributed by atoms with Crippen LogP contribution in [0.5, 0.6) is 0 Å². The minimum Gasteiger partial charge on any atom is -0.444 e. The van der Waals surface area contributed by atoms with Gasteiger partial charge in [0.25, 0.3) is 0 Å². The van der Waals surface area contributed by atoms with Crippen molar-refractivity contribution in [2.45, 2.75) is 26.0 Å². The minimum atomic E-state index is -0.276.